The molecule has 0 fully saturated rings. The number of para-hydroxylation sites is 4. The van der Waals surface area contributed by atoms with Crippen LogP contribution in [0.4, 0.5) is 0 Å². The molecule has 0 N–H and O–H groups in total. The van der Waals surface area contributed by atoms with E-state index in [1.165, 1.54) is 48.9 Å². The molecule has 5 nitrogen and oxygen atoms in total. The van der Waals surface area contributed by atoms with Crippen molar-refractivity contribution in [1.29, 1.82) is 0 Å². The van der Waals surface area contributed by atoms with Crippen molar-refractivity contribution >= 4 is 59.9 Å². The predicted octanol–water partition coefficient (Wildman–Crippen LogP) is 9.76. The first-order valence-electron chi connectivity index (χ1n) is 15.2. The summed E-state index contributed by atoms with van der Waals surface area (Å²) in [5.74, 6) is 1.97. The van der Waals surface area contributed by atoms with Crippen molar-refractivity contribution in [3.63, 3.8) is 0 Å². The lowest BCUT2D eigenvalue weighted by Gasteiger charge is -2.12. The Morgan fingerprint density at radius 2 is 1.07 bits per heavy atom. The van der Waals surface area contributed by atoms with Crippen molar-refractivity contribution < 1.29 is 0 Å². The number of fused-ring (bicyclic) bond motifs is 9. The molecule has 0 atom stereocenters. The van der Waals surface area contributed by atoms with Crippen molar-refractivity contribution in [1.82, 2.24) is 23.9 Å². The summed E-state index contributed by atoms with van der Waals surface area (Å²) in [7, 11) is 0. The molecule has 0 saturated heterocycles. The number of nitrogens with zero attached hydrogens (tertiary/aromatic N) is 5. The molecule has 0 amide bonds. The number of hydrogen-bond donors (Lipinski definition) is 0. The van der Waals surface area contributed by atoms with Crippen molar-refractivity contribution in [2.24, 2.45) is 0 Å². The highest BCUT2D eigenvalue weighted by Crippen LogP contribution is 2.42. The largest absolute Gasteiger partial charge is 0.308 e. The van der Waals surface area contributed by atoms with Crippen LogP contribution < -0.4 is 0 Å². The third kappa shape index (κ3) is 3.35. The zero-order valence-corrected chi connectivity index (χ0v) is 24.4. The maximum atomic E-state index is 5.05. The molecule has 0 aliphatic carbocycles. The Balaban J connectivity index is 1.28. The van der Waals surface area contributed by atoms with E-state index in [4.69, 9.17) is 15.0 Å². The Kier molecular flexibility index (Phi) is 4.86. The second-order valence-corrected chi connectivity index (χ2v) is 11.7. The van der Waals surface area contributed by atoms with E-state index >= 15 is 0 Å². The molecule has 6 aromatic carbocycles. The van der Waals surface area contributed by atoms with E-state index in [-0.39, 0.29) is 0 Å². The first-order chi connectivity index (χ1) is 22.2. The highest BCUT2D eigenvalue weighted by Gasteiger charge is 2.21. The standard InChI is InChI=1S/C40H25N5/c1-24-41-39(25-11-3-2-4-12-25)43-40(42-24)45-35-20-8-6-14-29(35)30-16-9-15-27(37(30)45)26-21-22-36-33(23-26)32-18-10-17-31-28-13-5-7-19-34(28)44(36)38(31)32/h2-23H,1H3. The Morgan fingerprint density at radius 3 is 1.89 bits per heavy atom. The first kappa shape index (κ1) is 24.4. The molecule has 0 aliphatic heterocycles. The van der Waals surface area contributed by atoms with Crippen LogP contribution in [0, 0.1) is 6.92 Å². The van der Waals surface area contributed by atoms with E-state index in [0.717, 1.165) is 27.7 Å². The third-order valence-electron chi connectivity index (χ3n) is 9.20. The average molecular weight is 576 g/mol. The smallest absolute Gasteiger partial charge is 0.238 e. The summed E-state index contributed by atoms with van der Waals surface area (Å²) in [6.45, 7) is 1.94. The van der Waals surface area contributed by atoms with Gasteiger partial charge in [0.25, 0.3) is 0 Å². The van der Waals surface area contributed by atoms with Crippen molar-refractivity contribution in [2.75, 3.05) is 0 Å². The van der Waals surface area contributed by atoms with Gasteiger partial charge in [-0.25, -0.2) is 4.98 Å². The summed E-state index contributed by atoms with van der Waals surface area (Å²) in [6, 6.07) is 47.5. The van der Waals surface area contributed by atoms with Crippen LogP contribution in [-0.2, 0) is 0 Å². The molecule has 0 aliphatic rings. The van der Waals surface area contributed by atoms with Crippen LogP contribution in [-0.4, -0.2) is 23.9 Å². The van der Waals surface area contributed by atoms with Gasteiger partial charge in [-0.05, 0) is 36.8 Å². The van der Waals surface area contributed by atoms with Gasteiger partial charge < -0.3 is 4.40 Å². The van der Waals surface area contributed by atoms with Crippen molar-refractivity contribution in [3.05, 3.63) is 139 Å². The summed E-state index contributed by atoms with van der Waals surface area (Å²) in [6.07, 6.45) is 0. The molecule has 5 heteroatoms. The molecule has 10 aromatic rings. The summed E-state index contributed by atoms with van der Waals surface area (Å²) in [4.78, 5) is 14.7. The fourth-order valence-electron chi connectivity index (χ4n) is 7.34. The van der Waals surface area contributed by atoms with Crippen LogP contribution in [0.25, 0.3) is 88.4 Å². The molecule has 10 rings (SSSR count). The fourth-order valence-corrected chi connectivity index (χ4v) is 7.34. The predicted molar refractivity (Wildman–Crippen MR) is 184 cm³/mol. The van der Waals surface area contributed by atoms with E-state index in [1.54, 1.807) is 0 Å². The minimum atomic E-state index is 0.619. The van der Waals surface area contributed by atoms with Crippen LogP contribution in [0.2, 0.25) is 0 Å². The Morgan fingerprint density at radius 1 is 0.444 bits per heavy atom. The van der Waals surface area contributed by atoms with Gasteiger partial charge in [-0.15, -0.1) is 0 Å². The molecule has 210 valence electrons. The molecule has 0 unspecified atom stereocenters. The van der Waals surface area contributed by atoms with E-state index in [0.29, 0.717) is 17.6 Å². The summed E-state index contributed by atoms with van der Waals surface area (Å²) in [5.41, 5.74) is 9.17. The normalized spacial score (nSPS) is 12.1. The summed E-state index contributed by atoms with van der Waals surface area (Å²) in [5, 5.41) is 7.45. The zero-order valence-electron chi connectivity index (χ0n) is 24.4. The van der Waals surface area contributed by atoms with Gasteiger partial charge in [-0.1, -0.05) is 109 Å². The Labute approximate surface area is 258 Å². The van der Waals surface area contributed by atoms with Gasteiger partial charge in [0.1, 0.15) is 5.82 Å². The van der Waals surface area contributed by atoms with E-state index in [9.17, 15) is 0 Å². The lowest BCUT2D eigenvalue weighted by Crippen LogP contribution is -2.06. The molecule has 0 radical (unpaired) electrons. The monoisotopic (exact) mass is 575 g/mol. The number of benzene rings is 6. The number of aromatic nitrogens is 5. The number of aryl methyl sites for hydroxylation is 1. The number of rotatable bonds is 3. The third-order valence-corrected chi connectivity index (χ3v) is 9.20. The van der Waals surface area contributed by atoms with Gasteiger partial charge in [0.05, 0.1) is 27.6 Å². The molecule has 0 saturated carbocycles. The molecule has 4 heterocycles. The van der Waals surface area contributed by atoms with Gasteiger partial charge in [0.15, 0.2) is 5.82 Å². The first-order valence-corrected chi connectivity index (χ1v) is 15.2. The molecule has 0 spiro atoms. The number of hydrogen-bond acceptors (Lipinski definition) is 3. The van der Waals surface area contributed by atoms with Gasteiger partial charge in [0, 0.05) is 43.4 Å². The highest BCUT2D eigenvalue weighted by molar-refractivity contribution is 6.24. The second kappa shape index (κ2) is 8.97. The van der Waals surface area contributed by atoms with E-state index < -0.39 is 0 Å². The Hall–Kier alpha value is -6.07. The van der Waals surface area contributed by atoms with E-state index in [1.807, 2.05) is 37.3 Å². The van der Waals surface area contributed by atoms with Crippen molar-refractivity contribution in [3.8, 4) is 28.5 Å². The maximum Gasteiger partial charge on any atom is 0.238 e. The maximum absolute atomic E-state index is 5.05. The quantitative estimate of drug-likeness (QED) is 0.211. The molecular weight excluding hydrogens is 550 g/mol. The van der Waals surface area contributed by atoms with Gasteiger partial charge in [-0.2, -0.15) is 9.97 Å². The van der Waals surface area contributed by atoms with Crippen LogP contribution in [0.5, 0.6) is 0 Å². The topological polar surface area (TPSA) is 48.0 Å². The molecule has 4 aromatic heterocycles. The highest BCUT2D eigenvalue weighted by atomic mass is 15.2. The minimum absolute atomic E-state index is 0.619. The second-order valence-electron chi connectivity index (χ2n) is 11.7. The SMILES string of the molecule is Cc1nc(-c2ccccc2)nc(-n2c3ccccc3c3cccc(-c4ccc5c(c4)c4cccc6c7ccccc7n5c64)c32)n1. The van der Waals surface area contributed by atoms with E-state index in [2.05, 4.69) is 112 Å². The van der Waals surface area contributed by atoms with Gasteiger partial charge >= 0.3 is 0 Å². The fraction of sp³-hybridized carbons (Fsp3) is 0.0250. The molecule has 0 bridgehead atoms. The molecule has 45 heavy (non-hydrogen) atoms. The van der Waals surface area contributed by atoms with Gasteiger partial charge in [-0.3, -0.25) is 4.57 Å². The summed E-state index contributed by atoms with van der Waals surface area (Å²) >= 11 is 0. The van der Waals surface area contributed by atoms with Crippen LogP contribution in [0.15, 0.2) is 133 Å². The Bertz CT molecular complexity index is 2770. The average Bonchev–Trinajstić information content (AvgIpc) is 3.73. The minimum Gasteiger partial charge on any atom is -0.308 e. The lowest BCUT2D eigenvalue weighted by atomic mass is 9.99. The lowest BCUT2D eigenvalue weighted by molar-refractivity contribution is 0.907. The zero-order chi connectivity index (χ0) is 29.6. The van der Waals surface area contributed by atoms with Crippen LogP contribution in [0.1, 0.15) is 5.82 Å². The van der Waals surface area contributed by atoms with Crippen molar-refractivity contribution in [2.45, 2.75) is 6.92 Å². The van der Waals surface area contributed by atoms with Crippen LogP contribution in [0.3, 0.4) is 0 Å². The molecular formula is C40H25N5. The van der Waals surface area contributed by atoms with Crippen LogP contribution >= 0.6 is 0 Å². The summed E-state index contributed by atoms with van der Waals surface area (Å²) < 4.78 is 4.64. The van der Waals surface area contributed by atoms with Gasteiger partial charge in [0.2, 0.25) is 5.95 Å².